The van der Waals surface area contributed by atoms with Crippen LogP contribution in [0.2, 0.25) is 0 Å². The van der Waals surface area contributed by atoms with Crippen LogP contribution in [0.1, 0.15) is 40.1 Å². The van der Waals surface area contributed by atoms with E-state index in [0.29, 0.717) is 0 Å². The SMILES string of the molecule is CCNC(c1sccc1C)c1c(C)c(Br)cc(C)c1OC. The van der Waals surface area contributed by atoms with Gasteiger partial charge >= 0.3 is 0 Å². The van der Waals surface area contributed by atoms with Gasteiger partial charge in [0.1, 0.15) is 5.75 Å². The minimum atomic E-state index is 0.168. The van der Waals surface area contributed by atoms with Gasteiger partial charge in [0.05, 0.1) is 13.2 Å². The fourth-order valence-corrected chi connectivity index (χ4v) is 4.27. The van der Waals surface area contributed by atoms with Crippen molar-refractivity contribution in [1.82, 2.24) is 5.32 Å². The number of hydrogen-bond donors (Lipinski definition) is 1. The number of halogens is 1. The van der Waals surface area contributed by atoms with Crippen molar-refractivity contribution in [3.05, 3.63) is 49.1 Å². The molecule has 0 bridgehead atoms. The van der Waals surface area contributed by atoms with Gasteiger partial charge in [0.25, 0.3) is 0 Å². The first-order chi connectivity index (χ1) is 10.0. The Morgan fingerprint density at radius 1 is 1.29 bits per heavy atom. The number of nitrogens with one attached hydrogen (secondary N) is 1. The molecule has 0 saturated carbocycles. The number of rotatable bonds is 5. The number of methoxy groups -OCH3 is 1. The van der Waals surface area contributed by atoms with Crippen LogP contribution < -0.4 is 10.1 Å². The van der Waals surface area contributed by atoms with E-state index in [-0.39, 0.29) is 6.04 Å². The van der Waals surface area contributed by atoms with Crippen molar-refractivity contribution in [3.63, 3.8) is 0 Å². The summed E-state index contributed by atoms with van der Waals surface area (Å²) in [5.41, 5.74) is 4.94. The maximum atomic E-state index is 5.72. The number of thiophene rings is 1. The molecular weight excluding hydrogens is 346 g/mol. The van der Waals surface area contributed by atoms with Crippen molar-refractivity contribution < 1.29 is 4.74 Å². The molecule has 1 atom stereocenters. The van der Waals surface area contributed by atoms with Crippen LogP contribution in [0.25, 0.3) is 0 Å². The van der Waals surface area contributed by atoms with Gasteiger partial charge in [0.15, 0.2) is 0 Å². The average Bonchev–Trinajstić information content (AvgIpc) is 2.86. The lowest BCUT2D eigenvalue weighted by atomic mass is 9.95. The van der Waals surface area contributed by atoms with Crippen molar-refractivity contribution in [2.75, 3.05) is 13.7 Å². The van der Waals surface area contributed by atoms with Gasteiger partial charge in [-0.3, -0.25) is 0 Å². The summed E-state index contributed by atoms with van der Waals surface area (Å²) in [6.45, 7) is 9.47. The summed E-state index contributed by atoms with van der Waals surface area (Å²) in [6.07, 6.45) is 0. The molecule has 1 N–H and O–H groups in total. The van der Waals surface area contributed by atoms with Crippen molar-refractivity contribution in [2.24, 2.45) is 0 Å². The number of benzene rings is 1. The molecule has 2 nitrogen and oxygen atoms in total. The smallest absolute Gasteiger partial charge is 0.127 e. The summed E-state index contributed by atoms with van der Waals surface area (Å²) < 4.78 is 6.85. The van der Waals surface area contributed by atoms with E-state index >= 15 is 0 Å². The molecule has 4 heteroatoms. The molecule has 0 aliphatic rings. The summed E-state index contributed by atoms with van der Waals surface area (Å²) in [7, 11) is 1.75. The highest BCUT2D eigenvalue weighted by atomic mass is 79.9. The standard InChI is InChI=1S/C17H22BrNOS/c1-6-19-15(17-10(2)7-8-21-17)14-12(4)13(18)9-11(3)16(14)20-5/h7-9,15,19H,6H2,1-5H3. The summed E-state index contributed by atoms with van der Waals surface area (Å²) in [6, 6.07) is 4.47. The first kappa shape index (κ1) is 16.5. The molecule has 1 aromatic heterocycles. The van der Waals surface area contributed by atoms with Crippen LogP contribution >= 0.6 is 27.3 Å². The van der Waals surface area contributed by atoms with Crippen molar-refractivity contribution in [3.8, 4) is 5.75 Å². The molecule has 0 radical (unpaired) electrons. The van der Waals surface area contributed by atoms with Gasteiger partial charge in [-0.25, -0.2) is 0 Å². The fraction of sp³-hybridized carbons (Fsp3) is 0.412. The molecule has 1 heterocycles. The third-order valence-electron chi connectivity index (χ3n) is 3.77. The highest BCUT2D eigenvalue weighted by molar-refractivity contribution is 9.10. The van der Waals surface area contributed by atoms with Crippen LogP contribution in [0, 0.1) is 20.8 Å². The number of aryl methyl sites for hydroxylation is 2. The Balaban J connectivity index is 2.68. The first-order valence-corrected chi connectivity index (χ1v) is 8.79. The van der Waals surface area contributed by atoms with Crippen LogP contribution in [0.15, 0.2) is 22.0 Å². The van der Waals surface area contributed by atoms with Gasteiger partial charge in [-0.2, -0.15) is 0 Å². The molecule has 0 saturated heterocycles. The zero-order chi connectivity index (χ0) is 15.6. The number of ether oxygens (including phenoxy) is 1. The molecule has 114 valence electrons. The second kappa shape index (κ2) is 6.95. The highest BCUT2D eigenvalue weighted by Crippen LogP contribution is 2.40. The summed E-state index contributed by atoms with van der Waals surface area (Å²) in [5.74, 6) is 0.981. The molecule has 0 amide bonds. The topological polar surface area (TPSA) is 21.3 Å². The molecular formula is C17H22BrNOS. The largest absolute Gasteiger partial charge is 0.496 e. The normalized spacial score (nSPS) is 12.5. The Kier molecular flexibility index (Phi) is 5.47. The van der Waals surface area contributed by atoms with Gasteiger partial charge in [0, 0.05) is 14.9 Å². The van der Waals surface area contributed by atoms with E-state index in [0.717, 1.165) is 22.3 Å². The lowest BCUT2D eigenvalue weighted by Gasteiger charge is -2.25. The molecule has 0 spiro atoms. The third-order valence-corrected chi connectivity index (χ3v) is 5.68. The Morgan fingerprint density at radius 3 is 2.52 bits per heavy atom. The zero-order valence-electron chi connectivity index (χ0n) is 13.2. The first-order valence-electron chi connectivity index (χ1n) is 7.12. The molecule has 2 rings (SSSR count). The molecule has 2 aromatic rings. The van der Waals surface area contributed by atoms with E-state index in [1.807, 2.05) is 0 Å². The second-order valence-corrected chi connectivity index (χ2v) is 7.01. The maximum absolute atomic E-state index is 5.72. The maximum Gasteiger partial charge on any atom is 0.127 e. The average molecular weight is 368 g/mol. The summed E-state index contributed by atoms with van der Waals surface area (Å²) in [5, 5.41) is 5.78. The molecule has 1 aromatic carbocycles. The van der Waals surface area contributed by atoms with Gasteiger partial charge in [-0.15, -0.1) is 11.3 Å². The van der Waals surface area contributed by atoms with Crippen molar-refractivity contribution in [1.29, 1.82) is 0 Å². The van der Waals surface area contributed by atoms with Gasteiger partial charge in [-0.1, -0.05) is 22.9 Å². The summed E-state index contributed by atoms with van der Waals surface area (Å²) >= 11 is 5.48. The predicted molar refractivity (Wildman–Crippen MR) is 94.7 cm³/mol. The van der Waals surface area contributed by atoms with Crippen molar-refractivity contribution in [2.45, 2.75) is 33.7 Å². The highest BCUT2D eigenvalue weighted by Gasteiger charge is 2.24. The van der Waals surface area contributed by atoms with E-state index in [2.05, 4.69) is 66.5 Å². The zero-order valence-corrected chi connectivity index (χ0v) is 15.6. The lowest BCUT2D eigenvalue weighted by molar-refractivity contribution is 0.400. The molecule has 0 fully saturated rings. The molecule has 0 aliphatic heterocycles. The monoisotopic (exact) mass is 367 g/mol. The van der Waals surface area contributed by atoms with E-state index in [1.165, 1.54) is 21.6 Å². The molecule has 0 aliphatic carbocycles. The minimum Gasteiger partial charge on any atom is -0.496 e. The Bertz CT molecular complexity index is 636. The van der Waals surface area contributed by atoms with E-state index in [1.54, 1.807) is 18.4 Å². The molecule has 1 unspecified atom stereocenters. The quantitative estimate of drug-likeness (QED) is 0.789. The molecule has 21 heavy (non-hydrogen) atoms. The van der Waals surface area contributed by atoms with Crippen LogP contribution in [0.5, 0.6) is 5.75 Å². The van der Waals surface area contributed by atoms with E-state index in [9.17, 15) is 0 Å². The van der Waals surface area contributed by atoms with E-state index in [4.69, 9.17) is 4.74 Å². The van der Waals surface area contributed by atoms with Gasteiger partial charge in [-0.05, 0) is 61.5 Å². The van der Waals surface area contributed by atoms with Crippen LogP contribution in [-0.4, -0.2) is 13.7 Å². The minimum absolute atomic E-state index is 0.168. The van der Waals surface area contributed by atoms with Crippen LogP contribution in [0.3, 0.4) is 0 Å². The Labute approximate surface area is 139 Å². The number of hydrogen-bond acceptors (Lipinski definition) is 3. The fourth-order valence-electron chi connectivity index (χ4n) is 2.70. The Morgan fingerprint density at radius 2 is 2.00 bits per heavy atom. The van der Waals surface area contributed by atoms with Crippen molar-refractivity contribution >= 4 is 27.3 Å². The van der Waals surface area contributed by atoms with Crippen LogP contribution in [0.4, 0.5) is 0 Å². The predicted octanol–water partition coefficient (Wildman–Crippen LogP) is 5.14. The van der Waals surface area contributed by atoms with Gasteiger partial charge < -0.3 is 10.1 Å². The second-order valence-electron chi connectivity index (χ2n) is 5.21. The van der Waals surface area contributed by atoms with Crippen LogP contribution in [-0.2, 0) is 0 Å². The summed E-state index contributed by atoms with van der Waals surface area (Å²) in [4.78, 5) is 1.36. The lowest BCUT2D eigenvalue weighted by Crippen LogP contribution is -2.23. The third kappa shape index (κ3) is 3.17. The Hall–Kier alpha value is -0.840. The van der Waals surface area contributed by atoms with E-state index < -0.39 is 0 Å². The van der Waals surface area contributed by atoms with Gasteiger partial charge in [0.2, 0.25) is 0 Å².